The number of benzene rings is 1. The van der Waals surface area contributed by atoms with Gasteiger partial charge in [0.25, 0.3) is 0 Å². The van der Waals surface area contributed by atoms with Crippen molar-refractivity contribution in [3.8, 4) is 5.75 Å². The Morgan fingerprint density at radius 2 is 1.45 bits per heavy atom. The third-order valence-corrected chi connectivity index (χ3v) is 7.02. The fraction of sp³-hybridized carbons (Fsp3) is 0.500. The second kappa shape index (κ2) is 20.5. The van der Waals surface area contributed by atoms with Gasteiger partial charge in [-0.25, -0.2) is 0 Å². The normalized spacial score (nSPS) is 20.9. The third kappa shape index (κ3) is 15.6. The van der Waals surface area contributed by atoms with Gasteiger partial charge in [0.1, 0.15) is 23.9 Å². The van der Waals surface area contributed by atoms with Crippen LogP contribution in [0.2, 0.25) is 0 Å². The SMILES string of the molecule is COc1ccc(CC2NC(=O)CNC(=O)C(NC(=O)CNC(C)=O)CCC(=O)NCCCC(C(N)=O)NC(=O)CNC(=O)CNC2=O)cc1. The van der Waals surface area contributed by atoms with E-state index in [9.17, 15) is 43.2 Å². The lowest BCUT2D eigenvalue weighted by Crippen LogP contribution is -2.54. The first-order valence-corrected chi connectivity index (χ1v) is 15.4. The van der Waals surface area contributed by atoms with E-state index in [1.165, 1.54) is 14.0 Å². The third-order valence-electron chi connectivity index (χ3n) is 7.02. The van der Waals surface area contributed by atoms with Crippen LogP contribution in [0, 0.1) is 0 Å². The molecule has 0 radical (unpaired) electrons. The van der Waals surface area contributed by atoms with Gasteiger partial charge in [-0.05, 0) is 37.0 Å². The number of nitrogens with two attached hydrogens (primary N) is 1. The summed E-state index contributed by atoms with van der Waals surface area (Å²) >= 11 is 0. The first-order chi connectivity index (χ1) is 23.3. The predicted molar refractivity (Wildman–Crippen MR) is 171 cm³/mol. The second-order valence-electron chi connectivity index (χ2n) is 11.0. The van der Waals surface area contributed by atoms with Crippen LogP contribution in [-0.4, -0.2) is 111 Å². The summed E-state index contributed by atoms with van der Waals surface area (Å²) in [5.74, 6) is -5.81. The van der Waals surface area contributed by atoms with E-state index in [0.29, 0.717) is 11.3 Å². The minimum absolute atomic E-state index is 0.0228. The molecule has 19 heteroatoms. The van der Waals surface area contributed by atoms with Gasteiger partial charge in [0, 0.05) is 26.3 Å². The molecule has 1 fully saturated rings. The summed E-state index contributed by atoms with van der Waals surface area (Å²) in [6.07, 6.45) is -0.154. The molecule has 268 valence electrons. The van der Waals surface area contributed by atoms with E-state index in [-0.39, 0.29) is 38.6 Å². The van der Waals surface area contributed by atoms with E-state index in [2.05, 4.69) is 42.5 Å². The van der Waals surface area contributed by atoms with Gasteiger partial charge in [0.05, 0.1) is 33.3 Å². The first kappa shape index (κ1) is 39.4. The molecule has 3 atom stereocenters. The van der Waals surface area contributed by atoms with Gasteiger partial charge in [-0.1, -0.05) is 12.1 Å². The first-order valence-electron chi connectivity index (χ1n) is 15.4. The van der Waals surface area contributed by atoms with E-state index in [0.717, 1.165) is 0 Å². The van der Waals surface area contributed by atoms with Gasteiger partial charge >= 0.3 is 0 Å². The Kier molecular flexibility index (Phi) is 16.5. The van der Waals surface area contributed by atoms with Gasteiger partial charge in [-0.2, -0.15) is 0 Å². The highest BCUT2D eigenvalue weighted by atomic mass is 16.5. The lowest BCUT2D eigenvalue weighted by molar-refractivity contribution is -0.132. The van der Waals surface area contributed by atoms with Crippen molar-refractivity contribution in [3.63, 3.8) is 0 Å². The molecule has 1 aromatic carbocycles. The Morgan fingerprint density at radius 1 is 0.816 bits per heavy atom. The predicted octanol–water partition coefficient (Wildman–Crippen LogP) is -4.65. The molecule has 0 saturated carbocycles. The molecule has 1 aliphatic heterocycles. The molecule has 9 amide bonds. The van der Waals surface area contributed by atoms with Crippen molar-refractivity contribution in [1.29, 1.82) is 0 Å². The Labute approximate surface area is 281 Å². The van der Waals surface area contributed by atoms with E-state index in [1.54, 1.807) is 24.3 Å². The highest BCUT2D eigenvalue weighted by Gasteiger charge is 2.26. The van der Waals surface area contributed by atoms with Crippen molar-refractivity contribution in [1.82, 2.24) is 42.5 Å². The fourth-order valence-corrected chi connectivity index (χ4v) is 4.42. The number of hydrogen-bond acceptors (Lipinski definition) is 10. The van der Waals surface area contributed by atoms with Crippen molar-refractivity contribution < 1.29 is 47.9 Å². The van der Waals surface area contributed by atoms with Crippen molar-refractivity contribution in [2.75, 3.05) is 39.8 Å². The van der Waals surface area contributed by atoms with E-state index < -0.39 is 97.5 Å². The molecule has 0 spiro atoms. The molecule has 19 nitrogen and oxygen atoms in total. The number of rotatable bonds is 7. The molecular formula is C30H43N9O10. The maximum absolute atomic E-state index is 13.1. The number of carbonyl (C=O) groups excluding carboxylic acids is 9. The molecule has 1 heterocycles. The van der Waals surface area contributed by atoms with Gasteiger partial charge in [0.2, 0.25) is 53.2 Å². The number of primary amides is 1. The van der Waals surface area contributed by atoms with E-state index in [1.807, 2.05) is 0 Å². The van der Waals surface area contributed by atoms with Gasteiger partial charge in [-0.15, -0.1) is 0 Å². The van der Waals surface area contributed by atoms with Crippen molar-refractivity contribution in [2.45, 2.75) is 57.2 Å². The zero-order valence-corrected chi connectivity index (χ0v) is 27.3. The lowest BCUT2D eigenvalue weighted by atomic mass is 10.0. The van der Waals surface area contributed by atoms with Gasteiger partial charge < -0.3 is 53.0 Å². The summed E-state index contributed by atoms with van der Waals surface area (Å²) in [4.78, 5) is 112. The zero-order valence-electron chi connectivity index (χ0n) is 27.3. The summed E-state index contributed by atoms with van der Waals surface area (Å²) in [7, 11) is 1.48. The largest absolute Gasteiger partial charge is 0.497 e. The minimum atomic E-state index is -1.28. The number of carbonyl (C=O) groups is 9. The average molecular weight is 690 g/mol. The lowest BCUT2D eigenvalue weighted by Gasteiger charge is -2.21. The summed E-state index contributed by atoms with van der Waals surface area (Å²) in [5, 5.41) is 19.3. The number of ether oxygens (including phenoxy) is 1. The van der Waals surface area contributed by atoms with Crippen LogP contribution in [0.4, 0.5) is 0 Å². The number of nitrogens with one attached hydrogen (secondary N) is 8. The summed E-state index contributed by atoms with van der Waals surface area (Å²) < 4.78 is 5.14. The maximum Gasteiger partial charge on any atom is 0.243 e. The highest BCUT2D eigenvalue weighted by molar-refractivity contribution is 5.95. The fourth-order valence-electron chi connectivity index (χ4n) is 4.42. The molecule has 10 N–H and O–H groups in total. The van der Waals surface area contributed by atoms with Crippen LogP contribution < -0.4 is 53.0 Å². The number of amides is 9. The van der Waals surface area contributed by atoms with Crippen LogP contribution in [0.3, 0.4) is 0 Å². The Morgan fingerprint density at radius 3 is 2.10 bits per heavy atom. The molecule has 0 aromatic heterocycles. The summed E-state index contributed by atoms with van der Waals surface area (Å²) in [6, 6.07) is 3.02. The smallest absolute Gasteiger partial charge is 0.243 e. The standard InChI is InChI=1S/C30H43N9O10/c1-17(40)33-14-25(43)38-21-9-10-23(41)32-11-3-4-20(28(31)46)37-26(44)15-34-24(42)13-35-30(48)22(39-27(45)16-36-29(21)47)12-18-5-7-19(49-2)8-6-18/h5-8,20-22H,3-4,9-16H2,1-2H3,(H2,31,46)(H,32,41)(H,33,40)(H,34,42)(H,35,48)(H,36,47)(H,37,44)(H,38,43)(H,39,45). The quantitative estimate of drug-likeness (QED) is 0.132. The number of hydrogen-bond donors (Lipinski definition) is 9. The van der Waals surface area contributed by atoms with Crippen LogP contribution in [0.15, 0.2) is 24.3 Å². The zero-order chi connectivity index (χ0) is 36.3. The van der Waals surface area contributed by atoms with Gasteiger partial charge in [-0.3, -0.25) is 43.2 Å². The van der Waals surface area contributed by atoms with Gasteiger partial charge in [0.15, 0.2) is 0 Å². The number of methoxy groups -OCH3 is 1. The molecule has 49 heavy (non-hydrogen) atoms. The van der Waals surface area contributed by atoms with Crippen LogP contribution in [0.5, 0.6) is 5.75 Å². The van der Waals surface area contributed by atoms with Crippen LogP contribution in [0.25, 0.3) is 0 Å². The van der Waals surface area contributed by atoms with E-state index >= 15 is 0 Å². The van der Waals surface area contributed by atoms with Crippen LogP contribution in [0.1, 0.15) is 38.2 Å². The van der Waals surface area contributed by atoms with Crippen molar-refractivity contribution >= 4 is 53.2 Å². The molecule has 1 saturated heterocycles. The molecule has 0 bridgehead atoms. The summed E-state index contributed by atoms with van der Waals surface area (Å²) in [6.45, 7) is -0.862. The molecular weight excluding hydrogens is 646 g/mol. The second-order valence-corrected chi connectivity index (χ2v) is 11.0. The van der Waals surface area contributed by atoms with E-state index in [4.69, 9.17) is 10.5 Å². The Hall–Kier alpha value is -5.75. The van der Waals surface area contributed by atoms with Crippen LogP contribution in [-0.2, 0) is 49.6 Å². The minimum Gasteiger partial charge on any atom is -0.497 e. The maximum atomic E-state index is 13.1. The summed E-state index contributed by atoms with van der Waals surface area (Å²) in [5.41, 5.74) is 6.00. The average Bonchev–Trinajstić information content (AvgIpc) is 3.06. The molecule has 2 rings (SSSR count). The molecule has 3 unspecified atom stereocenters. The molecule has 1 aromatic rings. The Balaban J connectivity index is 2.25. The van der Waals surface area contributed by atoms with Crippen molar-refractivity contribution in [3.05, 3.63) is 29.8 Å². The molecule has 1 aliphatic rings. The monoisotopic (exact) mass is 689 g/mol. The topological polar surface area (TPSA) is 285 Å². The van der Waals surface area contributed by atoms with Crippen LogP contribution >= 0.6 is 0 Å². The Bertz CT molecular complexity index is 1390. The molecule has 0 aliphatic carbocycles. The highest BCUT2D eigenvalue weighted by Crippen LogP contribution is 2.13. The van der Waals surface area contributed by atoms with Crippen molar-refractivity contribution in [2.24, 2.45) is 5.73 Å².